The van der Waals surface area contributed by atoms with Gasteiger partial charge in [0.15, 0.2) is 0 Å². The zero-order valence-corrected chi connectivity index (χ0v) is 10.0. The Balaban J connectivity index is 4.33. The van der Waals surface area contributed by atoms with Gasteiger partial charge in [-0.25, -0.2) is 8.42 Å². The molecule has 8 heteroatoms. The summed E-state index contributed by atoms with van der Waals surface area (Å²) >= 11 is 0. The van der Waals surface area contributed by atoms with Crippen LogP contribution in [0.3, 0.4) is 0 Å². The minimum atomic E-state index is -3.21. The van der Waals surface area contributed by atoms with Gasteiger partial charge in [-0.2, -0.15) is 0 Å². The topological polar surface area (TPSA) is 115 Å². The summed E-state index contributed by atoms with van der Waals surface area (Å²) in [4.78, 5) is 10.7. The van der Waals surface area contributed by atoms with Gasteiger partial charge in [0.2, 0.25) is 0 Å². The average molecular weight is 257 g/mol. The van der Waals surface area contributed by atoms with Crippen molar-refractivity contribution >= 4 is 26.6 Å². The van der Waals surface area contributed by atoms with Crippen LogP contribution in [0.2, 0.25) is 0 Å². The molecule has 0 spiro atoms. The number of hydrogen-bond acceptors (Lipinski definition) is 5. The zero-order valence-electron chi connectivity index (χ0n) is 8.38. The quantitative estimate of drug-likeness (QED) is 0.578. The van der Waals surface area contributed by atoms with Crippen molar-refractivity contribution in [2.45, 2.75) is 11.7 Å². The van der Waals surface area contributed by atoms with Gasteiger partial charge in [-0.15, -0.1) is 0 Å². The third-order valence-corrected chi connectivity index (χ3v) is 4.56. The molecule has 2 atom stereocenters. The molecule has 0 aromatic carbocycles. The molecule has 3 N–H and O–H groups in total. The molecule has 0 aliphatic heterocycles. The Labute approximate surface area is 91.2 Å². The van der Waals surface area contributed by atoms with E-state index in [0.29, 0.717) is 0 Å². The third-order valence-electron chi connectivity index (χ3n) is 1.68. The van der Waals surface area contributed by atoms with Gasteiger partial charge in [-0.1, -0.05) is 0 Å². The maximum absolute atomic E-state index is 11.4. The standard InChI is InChI=1S/C7H15NO5S2/c1-15(12,13)5-4-14(11)6(2-3-8)7(9)10/h6H,2-5,8H2,1H3,(H,9,10). The number of sulfone groups is 1. The second kappa shape index (κ2) is 6.19. The van der Waals surface area contributed by atoms with Crippen LogP contribution in [0.5, 0.6) is 0 Å². The number of carboxylic acid groups (broad SMARTS) is 1. The predicted molar refractivity (Wildman–Crippen MR) is 57.8 cm³/mol. The number of nitrogens with two attached hydrogens (primary N) is 1. The molecule has 15 heavy (non-hydrogen) atoms. The summed E-state index contributed by atoms with van der Waals surface area (Å²) in [5.74, 6) is -1.63. The lowest BCUT2D eigenvalue weighted by Crippen LogP contribution is -2.31. The van der Waals surface area contributed by atoms with Crippen molar-refractivity contribution < 1.29 is 22.5 Å². The monoisotopic (exact) mass is 257 g/mol. The second-order valence-electron chi connectivity index (χ2n) is 3.12. The molecule has 0 rings (SSSR count). The van der Waals surface area contributed by atoms with Crippen LogP contribution in [0.25, 0.3) is 0 Å². The first-order chi connectivity index (χ1) is 6.78. The summed E-state index contributed by atoms with van der Waals surface area (Å²) < 4.78 is 33.0. The summed E-state index contributed by atoms with van der Waals surface area (Å²) in [6.07, 6.45) is 1.11. The summed E-state index contributed by atoms with van der Waals surface area (Å²) in [5.41, 5.74) is 5.17. The number of carboxylic acids is 1. The normalized spacial score (nSPS) is 15.9. The van der Waals surface area contributed by atoms with Crippen molar-refractivity contribution in [3.8, 4) is 0 Å². The number of aliphatic carboxylic acids is 1. The molecule has 0 saturated carbocycles. The van der Waals surface area contributed by atoms with Crippen molar-refractivity contribution in [3.63, 3.8) is 0 Å². The summed E-state index contributed by atoms with van der Waals surface area (Å²) in [7, 11) is -4.90. The molecule has 0 saturated heterocycles. The highest BCUT2D eigenvalue weighted by Gasteiger charge is 2.24. The van der Waals surface area contributed by atoms with Crippen LogP contribution < -0.4 is 5.73 Å². The van der Waals surface area contributed by atoms with Gasteiger partial charge in [0.1, 0.15) is 15.1 Å². The number of rotatable bonds is 7. The summed E-state index contributed by atoms with van der Waals surface area (Å²) in [5, 5.41) is 7.63. The molecule has 0 fully saturated rings. The number of hydrogen-bond donors (Lipinski definition) is 2. The SMILES string of the molecule is CS(=O)(=O)CCS(=O)C(CCN)C(=O)O. The van der Waals surface area contributed by atoms with Gasteiger partial charge in [0.05, 0.1) is 5.75 Å². The highest BCUT2D eigenvalue weighted by molar-refractivity contribution is 7.92. The van der Waals surface area contributed by atoms with Crippen LogP contribution in [0, 0.1) is 0 Å². The second-order valence-corrected chi connectivity index (χ2v) is 7.12. The van der Waals surface area contributed by atoms with Gasteiger partial charge in [0, 0.05) is 22.8 Å². The number of carbonyl (C=O) groups is 1. The first-order valence-corrected chi connectivity index (χ1v) is 7.70. The maximum atomic E-state index is 11.4. The lowest BCUT2D eigenvalue weighted by Gasteiger charge is -2.10. The molecule has 0 aliphatic rings. The van der Waals surface area contributed by atoms with E-state index in [1.54, 1.807) is 0 Å². The van der Waals surface area contributed by atoms with E-state index in [4.69, 9.17) is 10.8 Å². The molecular formula is C7H15NO5S2. The first-order valence-electron chi connectivity index (χ1n) is 4.25. The van der Waals surface area contributed by atoms with E-state index in [1.807, 2.05) is 0 Å². The molecule has 0 aromatic heterocycles. The van der Waals surface area contributed by atoms with E-state index >= 15 is 0 Å². The van der Waals surface area contributed by atoms with E-state index in [2.05, 4.69) is 0 Å². The maximum Gasteiger partial charge on any atom is 0.319 e. The van der Waals surface area contributed by atoms with E-state index in [-0.39, 0.29) is 24.5 Å². The molecule has 2 unspecified atom stereocenters. The Bertz CT molecular complexity index is 337. The minimum Gasteiger partial charge on any atom is -0.480 e. The van der Waals surface area contributed by atoms with E-state index in [9.17, 15) is 17.4 Å². The van der Waals surface area contributed by atoms with Gasteiger partial charge in [-0.3, -0.25) is 9.00 Å². The van der Waals surface area contributed by atoms with E-state index in [1.165, 1.54) is 0 Å². The Morgan fingerprint density at radius 2 is 2.07 bits per heavy atom. The Morgan fingerprint density at radius 3 is 2.40 bits per heavy atom. The minimum absolute atomic E-state index is 0.0890. The Morgan fingerprint density at radius 1 is 1.53 bits per heavy atom. The molecule has 0 heterocycles. The fourth-order valence-electron chi connectivity index (χ4n) is 0.895. The average Bonchev–Trinajstić information content (AvgIpc) is 2.08. The van der Waals surface area contributed by atoms with Crippen molar-refractivity contribution in [2.24, 2.45) is 5.73 Å². The molecule has 0 amide bonds. The lowest BCUT2D eigenvalue weighted by molar-refractivity contribution is -0.136. The highest BCUT2D eigenvalue weighted by Crippen LogP contribution is 2.03. The Hall–Kier alpha value is -0.470. The lowest BCUT2D eigenvalue weighted by atomic mass is 10.3. The summed E-state index contributed by atoms with van der Waals surface area (Å²) in [6, 6.07) is 0. The van der Waals surface area contributed by atoms with Crippen molar-refractivity contribution in [1.29, 1.82) is 0 Å². The van der Waals surface area contributed by atoms with Crippen LogP contribution in [0.4, 0.5) is 0 Å². The smallest absolute Gasteiger partial charge is 0.319 e. The van der Waals surface area contributed by atoms with E-state index in [0.717, 1.165) is 6.26 Å². The molecule has 0 bridgehead atoms. The van der Waals surface area contributed by atoms with E-state index < -0.39 is 31.9 Å². The van der Waals surface area contributed by atoms with Gasteiger partial charge >= 0.3 is 5.97 Å². The van der Waals surface area contributed by atoms with Crippen LogP contribution in [0.1, 0.15) is 6.42 Å². The van der Waals surface area contributed by atoms with Crippen LogP contribution >= 0.6 is 0 Å². The predicted octanol–water partition coefficient (Wildman–Crippen LogP) is -1.42. The van der Waals surface area contributed by atoms with Crippen molar-refractivity contribution in [1.82, 2.24) is 0 Å². The molecule has 90 valence electrons. The van der Waals surface area contributed by atoms with Crippen LogP contribution in [0.15, 0.2) is 0 Å². The fourth-order valence-corrected chi connectivity index (χ4v) is 3.67. The largest absolute Gasteiger partial charge is 0.480 e. The molecule has 0 radical (unpaired) electrons. The van der Waals surface area contributed by atoms with Crippen LogP contribution in [-0.2, 0) is 25.4 Å². The molecular weight excluding hydrogens is 242 g/mol. The van der Waals surface area contributed by atoms with Gasteiger partial charge in [0.25, 0.3) is 0 Å². The third kappa shape index (κ3) is 6.58. The van der Waals surface area contributed by atoms with Gasteiger partial charge in [-0.05, 0) is 13.0 Å². The summed E-state index contributed by atoms with van der Waals surface area (Å²) in [6.45, 7) is 0.113. The van der Waals surface area contributed by atoms with Crippen molar-refractivity contribution in [3.05, 3.63) is 0 Å². The van der Waals surface area contributed by atoms with Crippen LogP contribution in [-0.4, -0.2) is 53.3 Å². The molecule has 0 aromatic rings. The van der Waals surface area contributed by atoms with Gasteiger partial charge < -0.3 is 10.8 Å². The highest BCUT2D eigenvalue weighted by atomic mass is 32.2. The first kappa shape index (κ1) is 14.5. The molecule has 6 nitrogen and oxygen atoms in total. The molecule has 0 aliphatic carbocycles. The zero-order chi connectivity index (χ0) is 12.1. The van der Waals surface area contributed by atoms with Crippen molar-refractivity contribution in [2.75, 3.05) is 24.3 Å². The Kier molecular flexibility index (Phi) is 5.99. The fraction of sp³-hybridized carbons (Fsp3) is 0.857.